The van der Waals surface area contributed by atoms with Crippen LogP contribution >= 0.6 is 0 Å². The summed E-state index contributed by atoms with van der Waals surface area (Å²) in [6.07, 6.45) is 1.91. The highest BCUT2D eigenvalue weighted by Gasteiger charge is 2.17. The van der Waals surface area contributed by atoms with Crippen molar-refractivity contribution in [3.05, 3.63) is 95.1 Å². The normalized spacial score (nSPS) is 13.4. The van der Waals surface area contributed by atoms with E-state index in [0.29, 0.717) is 17.9 Å². The molecule has 0 bridgehead atoms. The number of nitrogens with one attached hydrogen (secondary N) is 2. The third-order valence-electron chi connectivity index (χ3n) is 6.04. The molecule has 1 amide bonds. The Labute approximate surface area is 214 Å². The highest BCUT2D eigenvalue weighted by Crippen LogP contribution is 2.25. The molecule has 3 aromatic rings. The Morgan fingerprint density at radius 1 is 0.917 bits per heavy atom. The molecule has 0 spiro atoms. The van der Waals surface area contributed by atoms with Crippen molar-refractivity contribution in [2.75, 3.05) is 12.8 Å². The van der Waals surface area contributed by atoms with Crippen molar-refractivity contribution in [3.8, 4) is 11.1 Å². The van der Waals surface area contributed by atoms with Crippen LogP contribution in [-0.4, -0.2) is 38.3 Å². The number of aliphatic hydroxyl groups excluding tert-OH is 1. The van der Waals surface area contributed by atoms with Gasteiger partial charge in [0.25, 0.3) is 5.91 Å². The molecule has 2 atom stereocenters. The predicted octanol–water partition coefficient (Wildman–Crippen LogP) is 4.50. The van der Waals surface area contributed by atoms with Gasteiger partial charge in [0.15, 0.2) is 0 Å². The molecule has 3 aromatic carbocycles. The maximum Gasteiger partial charge on any atom is 0.264 e. The van der Waals surface area contributed by atoms with Gasteiger partial charge in [-0.05, 0) is 66.1 Å². The summed E-state index contributed by atoms with van der Waals surface area (Å²) in [7, 11) is -3.63. The van der Waals surface area contributed by atoms with Gasteiger partial charge in [0, 0.05) is 11.6 Å². The van der Waals surface area contributed by atoms with Gasteiger partial charge in [-0.1, -0.05) is 80.6 Å². The van der Waals surface area contributed by atoms with E-state index in [1.54, 1.807) is 6.07 Å². The molecule has 0 aliphatic heterocycles. The maximum atomic E-state index is 12.5. The lowest BCUT2D eigenvalue weighted by molar-refractivity contribution is 0.0980. The molecule has 192 valence electrons. The third-order valence-corrected chi connectivity index (χ3v) is 6.59. The Morgan fingerprint density at radius 3 is 2.17 bits per heavy atom. The van der Waals surface area contributed by atoms with Crippen LogP contribution in [0.2, 0.25) is 0 Å². The van der Waals surface area contributed by atoms with Crippen LogP contribution in [0, 0.1) is 5.92 Å². The van der Waals surface area contributed by atoms with E-state index < -0.39 is 22.0 Å². The van der Waals surface area contributed by atoms with Gasteiger partial charge in [0.05, 0.1) is 12.4 Å². The largest absolute Gasteiger partial charge is 0.387 e. The second-order valence-electron chi connectivity index (χ2n) is 9.72. The predicted molar refractivity (Wildman–Crippen MR) is 145 cm³/mol. The van der Waals surface area contributed by atoms with Crippen LogP contribution in [0.3, 0.4) is 0 Å². The number of sulfonamides is 1. The smallest absolute Gasteiger partial charge is 0.264 e. The van der Waals surface area contributed by atoms with Crippen LogP contribution in [0.15, 0.2) is 72.8 Å². The summed E-state index contributed by atoms with van der Waals surface area (Å²) in [6, 6.07) is 23.4. The van der Waals surface area contributed by atoms with Gasteiger partial charge < -0.3 is 10.4 Å². The van der Waals surface area contributed by atoms with Crippen molar-refractivity contribution in [2.24, 2.45) is 5.92 Å². The molecule has 0 heterocycles. The average Bonchev–Trinajstić information content (AvgIpc) is 2.83. The lowest BCUT2D eigenvalue weighted by atomic mass is 9.93. The Kier molecular flexibility index (Phi) is 9.43. The molecule has 6 nitrogen and oxygen atoms in total. The fourth-order valence-electron chi connectivity index (χ4n) is 4.19. The molecule has 0 aliphatic carbocycles. The van der Waals surface area contributed by atoms with E-state index in [9.17, 15) is 18.3 Å². The minimum Gasteiger partial charge on any atom is -0.387 e. The number of aliphatic hydroxyl groups is 1. The number of carbonyl (C=O) groups excluding carboxylic acids is 1. The van der Waals surface area contributed by atoms with Gasteiger partial charge >= 0.3 is 0 Å². The molecule has 0 radical (unpaired) electrons. The molecular weight excluding hydrogens is 472 g/mol. The molecule has 36 heavy (non-hydrogen) atoms. The second-order valence-corrected chi connectivity index (χ2v) is 11.5. The number of benzene rings is 3. The Morgan fingerprint density at radius 2 is 1.56 bits per heavy atom. The summed E-state index contributed by atoms with van der Waals surface area (Å²) in [5.41, 5.74) is 5.29. The van der Waals surface area contributed by atoms with E-state index in [0.717, 1.165) is 41.5 Å². The first-order chi connectivity index (χ1) is 17.0. The number of hydrogen-bond donors (Lipinski definition) is 3. The van der Waals surface area contributed by atoms with E-state index in [-0.39, 0.29) is 6.04 Å². The second kappa shape index (κ2) is 12.3. The summed E-state index contributed by atoms with van der Waals surface area (Å²) in [4.78, 5) is 12.5. The zero-order valence-electron chi connectivity index (χ0n) is 21.4. The van der Waals surface area contributed by atoms with E-state index >= 15 is 0 Å². The molecule has 3 N–H and O–H groups in total. The standard InChI is InChI=1S/C29H36N2O4S/c1-20(2)18-26-19-25(14-15-27(26)29(33)31-36(4,34)35)23-12-10-22(11-13-23)16-17-30-21(3)28(32)24-8-6-5-7-9-24/h5-15,19-21,28,30,32H,16-18H2,1-4H3,(H,31,33)/t21-,28+/m0/s1. The molecule has 0 unspecified atom stereocenters. The fourth-order valence-corrected chi connectivity index (χ4v) is 4.63. The first kappa shape index (κ1) is 27.6. The minimum absolute atomic E-state index is 0.0653. The lowest BCUT2D eigenvalue weighted by Gasteiger charge is -2.20. The number of carbonyl (C=O) groups is 1. The van der Waals surface area contributed by atoms with Gasteiger partial charge in [0.1, 0.15) is 0 Å². The number of rotatable bonds is 11. The zero-order chi connectivity index (χ0) is 26.3. The Hall–Kier alpha value is -3.00. The van der Waals surface area contributed by atoms with Gasteiger partial charge in [-0.15, -0.1) is 0 Å². The molecule has 0 saturated carbocycles. The van der Waals surface area contributed by atoms with Gasteiger partial charge in [0.2, 0.25) is 10.0 Å². The Balaban J connectivity index is 1.66. The summed E-state index contributed by atoms with van der Waals surface area (Å²) in [5.74, 6) is -0.295. The SMILES string of the molecule is CC(C)Cc1cc(-c2ccc(CCN[C@@H](C)[C@@H](O)c3ccccc3)cc2)ccc1C(=O)NS(C)(=O)=O. The molecule has 0 saturated heterocycles. The summed E-state index contributed by atoms with van der Waals surface area (Å²) >= 11 is 0. The monoisotopic (exact) mass is 508 g/mol. The highest BCUT2D eigenvalue weighted by atomic mass is 32.2. The number of amides is 1. The van der Waals surface area contributed by atoms with E-state index in [1.165, 1.54) is 5.56 Å². The molecule has 0 fully saturated rings. The van der Waals surface area contributed by atoms with Crippen molar-refractivity contribution in [3.63, 3.8) is 0 Å². The summed E-state index contributed by atoms with van der Waals surface area (Å²) in [5, 5.41) is 13.9. The van der Waals surface area contributed by atoms with Crippen LogP contribution in [0.1, 0.15) is 53.9 Å². The first-order valence-corrected chi connectivity index (χ1v) is 14.1. The van der Waals surface area contributed by atoms with Crippen LogP contribution in [-0.2, 0) is 22.9 Å². The zero-order valence-corrected chi connectivity index (χ0v) is 22.2. The van der Waals surface area contributed by atoms with Gasteiger partial charge in [-0.2, -0.15) is 0 Å². The molecule has 0 aromatic heterocycles. The number of hydrogen-bond acceptors (Lipinski definition) is 5. The van der Waals surface area contributed by atoms with Crippen LogP contribution < -0.4 is 10.0 Å². The van der Waals surface area contributed by atoms with Crippen molar-refractivity contribution >= 4 is 15.9 Å². The van der Waals surface area contributed by atoms with Crippen LogP contribution in [0.5, 0.6) is 0 Å². The summed E-state index contributed by atoms with van der Waals surface area (Å²) < 4.78 is 25.1. The maximum absolute atomic E-state index is 12.5. The molecule has 3 rings (SSSR count). The topological polar surface area (TPSA) is 95.5 Å². The van der Waals surface area contributed by atoms with Crippen molar-refractivity contribution in [1.29, 1.82) is 0 Å². The summed E-state index contributed by atoms with van der Waals surface area (Å²) in [6.45, 7) is 6.85. The molecule has 7 heteroatoms. The van der Waals surface area contributed by atoms with Gasteiger partial charge in [-0.25, -0.2) is 13.1 Å². The quantitative estimate of drug-likeness (QED) is 0.355. The highest BCUT2D eigenvalue weighted by molar-refractivity contribution is 7.89. The third kappa shape index (κ3) is 8.01. The van der Waals surface area contributed by atoms with Crippen LogP contribution in [0.4, 0.5) is 0 Å². The molecule has 0 aliphatic rings. The van der Waals surface area contributed by atoms with Gasteiger partial charge in [-0.3, -0.25) is 4.79 Å². The molecular formula is C29H36N2O4S. The average molecular weight is 509 g/mol. The van der Waals surface area contributed by atoms with E-state index in [2.05, 4.69) is 48.2 Å². The van der Waals surface area contributed by atoms with Crippen LogP contribution in [0.25, 0.3) is 11.1 Å². The fraction of sp³-hybridized carbons (Fsp3) is 0.345. The van der Waals surface area contributed by atoms with Crippen molar-refractivity contribution < 1.29 is 18.3 Å². The first-order valence-electron chi connectivity index (χ1n) is 12.2. The van der Waals surface area contributed by atoms with Crippen molar-refractivity contribution in [1.82, 2.24) is 10.0 Å². The van der Waals surface area contributed by atoms with Crippen molar-refractivity contribution in [2.45, 2.75) is 45.8 Å². The minimum atomic E-state index is -3.63. The van der Waals surface area contributed by atoms with E-state index in [4.69, 9.17) is 0 Å². The van der Waals surface area contributed by atoms with E-state index in [1.807, 2.05) is 49.4 Å². The Bertz CT molecular complexity index is 1260. The lowest BCUT2D eigenvalue weighted by Crippen LogP contribution is -2.33.